The SMILES string of the molecule is O=S(=O)(Nc1cccc(-c2nnnn2C2CC2)c1)c1ccc(F)cc1. The molecular weight excluding hydrogens is 345 g/mol. The van der Waals surface area contributed by atoms with Crippen molar-refractivity contribution in [1.82, 2.24) is 20.2 Å². The van der Waals surface area contributed by atoms with E-state index in [4.69, 9.17) is 0 Å². The Bertz CT molecular complexity index is 1010. The molecule has 0 spiro atoms. The van der Waals surface area contributed by atoms with Crippen molar-refractivity contribution >= 4 is 15.7 Å². The standard InChI is InChI=1S/C16H14FN5O2S/c17-12-4-8-15(9-5-12)25(23,24)19-13-3-1-2-11(10-13)16-18-20-21-22(16)14-6-7-14/h1-5,8-10,14,19H,6-7H2. The van der Waals surface area contributed by atoms with Gasteiger partial charge in [0.05, 0.1) is 10.9 Å². The van der Waals surface area contributed by atoms with Crippen molar-refractivity contribution in [2.45, 2.75) is 23.8 Å². The molecule has 1 aliphatic rings. The van der Waals surface area contributed by atoms with E-state index in [9.17, 15) is 12.8 Å². The Labute approximate surface area is 143 Å². The van der Waals surface area contributed by atoms with Crippen LogP contribution in [0.3, 0.4) is 0 Å². The second-order valence-corrected chi connectivity index (χ2v) is 7.50. The number of benzene rings is 2. The molecule has 0 bridgehead atoms. The van der Waals surface area contributed by atoms with Crippen LogP contribution in [0.4, 0.5) is 10.1 Å². The number of hydrogen-bond donors (Lipinski definition) is 1. The first-order valence-corrected chi connectivity index (χ1v) is 9.18. The van der Waals surface area contributed by atoms with Crippen molar-refractivity contribution in [3.63, 3.8) is 0 Å². The molecule has 0 amide bonds. The maximum Gasteiger partial charge on any atom is 0.261 e. The maximum absolute atomic E-state index is 13.0. The minimum Gasteiger partial charge on any atom is -0.280 e. The van der Waals surface area contributed by atoms with E-state index in [2.05, 4.69) is 20.2 Å². The number of nitrogens with zero attached hydrogens (tertiary/aromatic N) is 4. The molecule has 0 aliphatic heterocycles. The van der Waals surface area contributed by atoms with Crippen LogP contribution in [0.5, 0.6) is 0 Å². The summed E-state index contributed by atoms with van der Waals surface area (Å²) >= 11 is 0. The van der Waals surface area contributed by atoms with E-state index >= 15 is 0 Å². The van der Waals surface area contributed by atoms with Crippen molar-refractivity contribution in [3.8, 4) is 11.4 Å². The molecule has 1 aliphatic carbocycles. The first-order chi connectivity index (χ1) is 12.0. The first-order valence-electron chi connectivity index (χ1n) is 7.70. The molecule has 1 N–H and O–H groups in total. The van der Waals surface area contributed by atoms with Crippen LogP contribution < -0.4 is 4.72 Å². The van der Waals surface area contributed by atoms with Gasteiger partial charge in [-0.3, -0.25) is 4.72 Å². The van der Waals surface area contributed by atoms with Crippen LogP contribution in [-0.4, -0.2) is 28.6 Å². The summed E-state index contributed by atoms with van der Waals surface area (Å²) in [6, 6.07) is 11.8. The third-order valence-electron chi connectivity index (χ3n) is 3.88. The molecule has 2 aromatic carbocycles. The highest BCUT2D eigenvalue weighted by Gasteiger charge is 2.28. The van der Waals surface area contributed by atoms with Crippen molar-refractivity contribution < 1.29 is 12.8 Å². The molecule has 9 heteroatoms. The average molecular weight is 359 g/mol. The molecule has 0 radical (unpaired) electrons. The number of anilines is 1. The third kappa shape index (κ3) is 3.22. The second-order valence-electron chi connectivity index (χ2n) is 5.82. The molecule has 7 nitrogen and oxygen atoms in total. The summed E-state index contributed by atoms with van der Waals surface area (Å²) < 4.78 is 42.1. The number of halogens is 1. The van der Waals surface area contributed by atoms with Gasteiger partial charge in [-0.05, 0) is 59.7 Å². The summed E-state index contributed by atoms with van der Waals surface area (Å²) in [5.41, 5.74) is 1.10. The maximum atomic E-state index is 13.0. The lowest BCUT2D eigenvalue weighted by Crippen LogP contribution is -2.13. The monoisotopic (exact) mass is 359 g/mol. The van der Waals surface area contributed by atoms with E-state index in [-0.39, 0.29) is 4.90 Å². The lowest BCUT2D eigenvalue weighted by molar-refractivity contribution is 0.599. The third-order valence-corrected chi connectivity index (χ3v) is 5.28. The molecule has 4 rings (SSSR count). The van der Waals surface area contributed by atoms with Gasteiger partial charge in [0.25, 0.3) is 10.0 Å². The van der Waals surface area contributed by atoms with E-state index in [0.29, 0.717) is 17.6 Å². The largest absolute Gasteiger partial charge is 0.280 e. The Morgan fingerprint density at radius 1 is 1.12 bits per heavy atom. The molecule has 1 saturated carbocycles. The van der Waals surface area contributed by atoms with E-state index in [1.165, 1.54) is 12.1 Å². The second kappa shape index (κ2) is 5.92. The van der Waals surface area contributed by atoms with E-state index in [1.54, 1.807) is 22.9 Å². The van der Waals surface area contributed by atoms with Gasteiger partial charge in [-0.25, -0.2) is 17.5 Å². The molecule has 0 saturated heterocycles. The van der Waals surface area contributed by atoms with E-state index in [0.717, 1.165) is 30.5 Å². The van der Waals surface area contributed by atoms with Crippen LogP contribution in [0.1, 0.15) is 18.9 Å². The predicted octanol–water partition coefficient (Wildman–Crippen LogP) is 2.61. The smallest absolute Gasteiger partial charge is 0.261 e. The molecular formula is C16H14FN5O2S. The van der Waals surface area contributed by atoms with Crippen molar-refractivity contribution in [2.75, 3.05) is 4.72 Å². The van der Waals surface area contributed by atoms with Crippen LogP contribution in [0.15, 0.2) is 53.4 Å². The van der Waals surface area contributed by atoms with Gasteiger partial charge in [0, 0.05) is 11.3 Å². The highest BCUT2D eigenvalue weighted by Crippen LogP contribution is 2.36. The fraction of sp³-hybridized carbons (Fsp3) is 0.188. The molecule has 3 aromatic rings. The van der Waals surface area contributed by atoms with Crippen LogP contribution in [0.25, 0.3) is 11.4 Å². The van der Waals surface area contributed by atoms with Gasteiger partial charge in [0.15, 0.2) is 5.82 Å². The number of aromatic nitrogens is 4. The number of nitrogens with one attached hydrogen (secondary N) is 1. The van der Waals surface area contributed by atoms with Gasteiger partial charge in [-0.2, -0.15) is 0 Å². The van der Waals surface area contributed by atoms with Crippen LogP contribution in [-0.2, 0) is 10.0 Å². The number of hydrogen-bond acceptors (Lipinski definition) is 5. The lowest BCUT2D eigenvalue weighted by Gasteiger charge is -2.09. The summed E-state index contributed by atoms with van der Waals surface area (Å²) in [4.78, 5) is -0.0119. The zero-order valence-electron chi connectivity index (χ0n) is 13.0. The van der Waals surface area contributed by atoms with Gasteiger partial charge in [-0.1, -0.05) is 12.1 Å². The Balaban J connectivity index is 1.63. The van der Waals surface area contributed by atoms with Gasteiger partial charge < -0.3 is 0 Å². The van der Waals surface area contributed by atoms with E-state index < -0.39 is 15.8 Å². The summed E-state index contributed by atoms with van der Waals surface area (Å²) in [7, 11) is -3.80. The minimum atomic E-state index is -3.80. The Hall–Kier alpha value is -2.81. The average Bonchev–Trinajstić information content (AvgIpc) is 3.32. The molecule has 0 atom stereocenters. The van der Waals surface area contributed by atoms with Gasteiger partial charge in [0.1, 0.15) is 5.82 Å². The van der Waals surface area contributed by atoms with Crippen molar-refractivity contribution in [1.29, 1.82) is 0 Å². The van der Waals surface area contributed by atoms with Crippen molar-refractivity contribution in [2.24, 2.45) is 0 Å². The number of rotatable bonds is 5. The molecule has 1 aromatic heterocycles. The predicted molar refractivity (Wildman–Crippen MR) is 88.7 cm³/mol. The normalized spacial score (nSPS) is 14.4. The van der Waals surface area contributed by atoms with Gasteiger partial charge >= 0.3 is 0 Å². The first kappa shape index (κ1) is 15.7. The van der Waals surface area contributed by atoms with Crippen molar-refractivity contribution in [3.05, 3.63) is 54.3 Å². The molecule has 1 heterocycles. The van der Waals surface area contributed by atoms with Crippen LogP contribution >= 0.6 is 0 Å². The highest BCUT2D eigenvalue weighted by molar-refractivity contribution is 7.92. The quantitative estimate of drug-likeness (QED) is 0.756. The summed E-state index contributed by atoms with van der Waals surface area (Å²) in [5.74, 6) is 0.109. The summed E-state index contributed by atoms with van der Waals surface area (Å²) in [5, 5.41) is 11.7. The molecule has 0 unspecified atom stereocenters. The molecule has 1 fully saturated rings. The Kier molecular flexibility index (Phi) is 3.72. The van der Waals surface area contributed by atoms with Crippen LogP contribution in [0.2, 0.25) is 0 Å². The number of tetrazole rings is 1. The van der Waals surface area contributed by atoms with Gasteiger partial charge in [0.2, 0.25) is 0 Å². The van der Waals surface area contributed by atoms with Crippen LogP contribution in [0, 0.1) is 5.82 Å². The minimum absolute atomic E-state index is 0.0119. The Morgan fingerprint density at radius 3 is 2.60 bits per heavy atom. The highest BCUT2D eigenvalue weighted by atomic mass is 32.2. The summed E-state index contributed by atoms with van der Waals surface area (Å²) in [6.07, 6.45) is 2.07. The lowest BCUT2D eigenvalue weighted by atomic mass is 10.2. The zero-order chi connectivity index (χ0) is 17.4. The topological polar surface area (TPSA) is 89.8 Å². The molecule has 25 heavy (non-hydrogen) atoms. The summed E-state index contributed by atoms with van der Waals surface area (Å²) in [6.45, 7) is 0. The van der Waals surface area contributed by atoms with E-state index in [1.807, 2.05) is 6.07 Å². The fourth-order valence-corrected chi connectivity index (χ4v) is 3.55. The number of sulfonamides is 1. The zero-order valence-corrected chi connectivity index (χ0v) is 13.8. The Morgan fingerprint density at radius 2 is 1.88 bits per heavy atom. The van der Waals surface area contributed by atoms with Gasteiger partial charge in [-0.15, -0.1) is 5.10 Å². The molecule has 128 valence electrons. The fourth-order valence-electron chi connectivity index (χ4n) is 2.50.